The van der Waals surface area contributed by atoms with E-state index in [1.54, 1.807) is 47.2 Å². The van der Waals surface area contributed by atoms with Crippen LogP contribution in [0, 0.1) is 0 Å². The fourth-order valence-electron chi connectivity index (χ4n) is 3.18. The van der Waals surface area contributed by atoms with Crippen molar-refractivity contribution in [2.24, 2.45) is 0 Å². The van der Waals surface area contributed by atoms with Crippen LogP contribution in [0.4, 0.5) is 0 Å². The van der Waals surface area contributed by atoms with Crippen LogP contribution in [0.15, 0.2) is 66.9 Å². The first-order chi connectivity index (χ1) is 14.4. The second kappa shape index (κ2) is 8.08. The lowest BCUT2D eigenvalue weighted by atomic mass is 10.2. The average molecular weight is 423 g/mol. The Morgan fingerprint density at radius 3 is 2.50 bits per heavy atom. The lowest BCUT2D eigenvalue weighted by Crippen LogP contribution is -2.07. The van der Waals surface area contributed by atoms with Gasteiger partial charge < -0.3 is 19.1 Å². The van der Waals surface area contributed by atoms with E-state index in [2.05, 4.69) is 4.98 Å². The summed E-state index contributed by atoms with van der Waals surface area (Å²) in [7, 11) is 0. The van der Waals surface area contributed by atoms with Crippen LogP contribution in [-0.2, 0) is 0 Å². The van der Waals surface area contributed by atoms with Gasteiger partial charge in [0.25, 0.3) is 0 Å². The first kappa shape index (κ1) is 19.8. The van der Waals surface area contributed by atoms with E-state index in [0.29, 0.717) is 33.2 Å². The van der Waals surface area contributed by atoms with Crippen LogP contribution >= 0.6 is 11.6 Å². The summed E-state index contributed by atoms with van der Waals surface area (Å²) >= 11 is 5.99. The van der Waals surface area contributed by atoms with Crippen molar-refractivity contribution in [2.75, 3.05) is 0 Å². The average Bonchev–Trinajstić information content (AvgIpc) is 3.07. The van der Waals surface area contributed by atoms with E-state index in [1.165, 1.54) is 0 Å². The second-order valence-electron chi connectivity index (χ2n) is 6.97. The highest BCUT2D eigenvalue weighted by molar-refractivity contribution is 6.30. The van der Waals surface area contributed by atoms with E-state index >= 15 is 0 Å². The molecule has 0 aliphatic heterocycles. The minimum absolute atomic E-state index is 0.0555. The Balaban J connectivity index is 1.74. The Kier molecular flexibility index (Phi) is 5.33. The number of hydrogen-bond acceptors (Lipinski definition) is 4. The summed E-state index contributed by atoms with van der Waals surface area (Å²) in [5.74, 6) is 0.580. The molecule has 0 aliphatic carbocycles. The smallest absolute Gasteiger partial charge is 0.352 e. The van der Waals surface area contributed by atoms with Crippen LogP contribution in [0.2, 0.25) is 5.02 Å². The molecule has 0 bridgehead atoms. The van der Waals surface area contributed by atoms with Crippen LogP contribution < -0.4 is 9.47 Å². The molecule has 6 nitrogen and oxygen atoms in total. The fourth-order valence-corrected chi connectivity index (χ4v) is 3.36. The Morgan fingerprint density at radius 2 is 1.83 bits per heavy atom. The number of aromatic nitrogens is 2. The highest BCUT2D eigenvalue weighted by atomic mass is 35.5. The normalized spacial score (nSPS) is 11.1. The van der Waals surface area contributed by atoms with Crippen molar-refractivity contribution < 1.29 is 19.4 Å². The maximum Gasteiger partial charge on any atom is 0.352 e. The molecule has 1 N–H and O–H groups in total. The molecular weight excluding hydrogens is 404 g/mol. The van der Waals surface area contributed by atoms with Gasteiger partial charge in [-0.25, -0.2) is 9.78 Å². The van der Waals surface area contributed by atoms with Gasteiger partial charge in [-0.1, -0.05) is 17.7 Å². The second-order valence-corrected chi connectivity index (χ2v) is 7.41. The van der Waals surface area contributed by atoms with Gasteiger partial charge in [0.05, 0.1) is 17.8 Å². The number of ether oxygens (including phenoxy) is 2. The van der Waals surface area contributed by atoms with Gasteiger partial charge in [0.2, 0.25) is 5.88 Å². The quantitative estimate of drug-likeness (QED) is 0.415. The van der Waals surface area contributed by atoms with Crippen molar-refractivity contribution in [2.45, 2.75) is 20.0 Å². The van der Waals surface area contributed by atoms with Crippen molar-refractivity contribution in [3.8, 4) is 23.1 Å². The van der Waals surface area contributed by atoms with Gasteiger partial charge in [-0.05, 0) is 62.4 Å². The molecule has 0 aliphatic rings. The third kappa shape index (κ3) is 4.09. The number of carbonyl (C=O) groups is 1. The molecule has 0 radical (unpaired) electrons. The number of carboxylic acid groups (broad SMARTS) is 1. The molecule has 4 aromatic rings. The molecular formula is C23H19ClN2O4. The molecule has 152 valence electrons. The Morgan fingerprint density at radius 1 is 1.07 bits per heavy atom. The zero-order valence-corrected chi connectivity index (χ0v) is 17.1. The summed E-state index contributed by atoms with van der Waals surface area (Å²) in [6.07, 6.45) is 1.65. The number of hydrogen-bond donors (Lipinski definition) is 1. The molecule has 0 atom stereocenters. The zero-order chi connectivity index (χ0) is 21.3. The number of nitrogens with zero attached hydrogens (tertiary/aromatic N) is 2. The molecule has 2 heterocycles. The van der Waals surface area contributed by atoms with Crippen molar-refractivity contribution in [1.82, 2.24) is 9.55 Å². The number of aromatic carboxylic acids is 1. The predicted molar refractivity (Wildman–Crippen MR) is 115 cm³/mol. The summed E-state index contributed by atoms with van der Waals surface area (Å²) < 4.78 is 13.1. The number of benzene rings is 2. The van der Waals surface area contributed by atoms with Crippen molar-refractivity contribution in [1.29, 1.82) is 0 Å². The maximum atomic E-state index is 11.9. The molecule has 0 spiro atoms. The highest BCUT2D eigenvalue weighted by Crippen LogP contribution is 2.30. The molecule has 0 saturated carbocycles. The van der Waals surface area contributed by atoms with Crippen LogP contribution in [0.25, 0.3) is 16.6 Å². The molecule has 2 aromatic heterocycles. The standard InChI is InChI=1S/C23H19ClN2O4/c1-14(2)29-18-8-6-17(7-9-18)26-20(23(27)28)10-15-11-22(25-13-21(15)26)30-19-5-3-4-16(24)12-19/h3-14H,1-2H3,(H,27,28). The van der Waals surface area contributed by atoms with Gasteiger partial charge in [-0.2, -0.15) is 0 Å². The van der Waals surface area contributed by atoms with Gasteiger partial charge in [-0.3, -0.25) is 0 Å². The van der Waals surface area contributed by atoms with Gasteiger partial charge >= 0.3 is 5.97 Å². The van der Waals surface area contributed by atoms with Gasteiger partial charge in [0.1, 0.15) is 17.2 Å². The van der Waals surface area contributed by atoms with E-state index in [0.717, 1.165) is 5.75 Å². The highest BCUT2D eigenvalue weighted by Gasteiger charge is 2.17. The van der Waals surface area contributed by atoms with Crippen LogP contribution in [0.5, 0.6) is 17.4 Å². The maximum absolute atomic E-state index is 11.9. The lowest BCUT2D eigenvalue weighted by Gasteiger charge is -2.12. The molecule has 7 heteroatoms. The number of rotatable bonds is 6. The molecule has 0 amide bonds. The summed E-state index contributed by atoms with van der Waals surface area (Å²) in [6.45, 7) is 3.90. The van der Waals surface area contributed by atoms with Crippen LogP contribution in [0.3, 0.4) is 0 Å². The van der Waals surface area contributed by atoms with Crippen molar-refractivity contribution in [3.05, 3.63) is 77.6 Å². The number of pyridine rings is 1. The molecule has 4 rings (SSSR count). The lowest BCUT2D eigenvalue weighted by molar-refractivity contribution is 0.0688. The zero-order valence-electron chi connectivity index (χ0n) is 16.4. The largest absolute Gasteiger partial charge is 0.491 e. The summed E-state index contributed by atoms with van der Waals surface area (Å²) in [5.41, 5.74) is 1.48. The van der Waals surface area contributed by atoms with E-state index in [-0.39, 0.29) is 11.8 Å². The van der Waals surface area contributed by atoms with Crippen LogP contribution in [0.1, 0.15) is 24.3 Å². The Bertz CT molecular complexity index is 1220. The first-order valence-electron chi connectivity index (χ1n) is 9.36. The molecule has 30 heavy (non-hydrogen) atoms. The minimum Gasteiger partial charge on any atom is -0.491 e. The van der Waals surface area contributed by atoms with Gasteiger partial charge in [0, 0.05) is 22.2 Å². The van der Waals surface area contributed by atoms with Crippen molar-refractivity contribution in [3.63, 3.8) is 0 Å². The molecule has 0 fully saturated rings. The monoisotopic (exact) mass is 422 g/mol. The third-order valence-electron chi connectivity index (χ3n) is 4.37. The Labute approximate surface area is 178 Å². The molecule has 2 aromatic carbocycles. The fraction of sp³-hybridized carbons (Fsp3) is 0.130. The SMILES string of the molecule is CC(C)Oc1ccc(-n2c(C(=O)O)cc3cc(Oc4cccc(Cl)c4)ncc32)cc1. The van der Waals surface area contributed by atoms with E-state index in [4.69, 9.17) is 21.1 Å². The first-order valence-corrected chi connectivity index (χ1v) is 9.74. The summed E-state index contributed by atoms with van der Waals surface area (Å²) in [6, 6.07) is 17.6. The van der Waals surface area contributed by atoms with E-state index < -0.39 is 5.97 Å². The third-order valence-corrected chi connectivity index (χ3v) is 4.60. The Hall–Kier alpha value is -3.51. The summed E-state index contributed by atoms with van der Waals surface area (Å²) in [4.78, 5) is 16.2. The number of fused-ring (bicyclic) bond motifs is 1. The minimum atomic E-state index is -1.04. The molecule has 0 unspecified atom stereocenters. The topological polar surface area (TPSA) is 73.6 Å². The predicted octanol–water partition coefficient (Wildman–Crippen LogP) is 5.96. The summed E-state index contributed by atoms with van der Waals surface area (Å²) in [5, 5.41) is 11.0. The van der Waals surface area contributed by atoms with E-state index in [1.807, 2.05) is 38.1 Å². The number of carboxylic acids is 1. The van der Waals surface area contributed by atoms with Crippen LogP contribution in [-0.4, -0.2) is 26.7 Å². The number of halogens is 1. The van der Waals surface area contributed by atoms with Gasteiger partial charge in [-0.15, -0.1) is 0 Å². The van der Waals surface area contributed by atoms with Gasteiger partial charge in [0.15, 0.2) is 0 Å². The van der Waals surface area contributed by atoms with Crippen molar-refractivity contribution >= 4 is 28.5 Å². The molecule has 0 saturated heterocycles. The van der Waals surface area contributed by atoms with E-state index in [9.17, 15) is 9.90 Å².